The maximum atomic E-state index is 11.9. The molecule has 0 aromatic carbocycles. The smallest absolute Gasteiger partial charge is 0.354 e. The molecule has 2 N–H and O–H groups in total. The number of aromatic nitrogens is 1. The molecule has 2 heterocycles. The van der Waals surface area contributed by atoms with Crippen LogP contribution in [-0.4, -0.2) is 35.0 Å². The number of nitrogens with one attached hydrogen (secondary N) is 2. The normalized spacial score (nSPS) is 15.7. The SMILES string of the molecule is CC(C)(C)c1ccc(C(=O)NOC(=O)N2CCCCC2)[nH]1. The number of carbonyl (C=O) groups is 2. The van der Waals surface area contributed by atoms with Gasteiger partial charge in [-0.3, -0.25) is 4.79 Å². The largest absolute Gasteiger partial charge is 0.434 e. The molecule has 0 aliphatic carbocycles. The van der Waals surface area contributed by atoms with Gasteiger partial charge in [0.05, 0.1) is 0 Å². The van der Waals surface area contributed by atoms with E-state index in [1.807, 2.05) is 6.07 Å². The molecular weight excluding hydrogens is 270 g/mol. The molecule has 21 heavy (non-hydrogen) atoms. The van der Waals surface area contributed by atoms with Crippen molar-refractivity contribution in [2.75, 3.05) is 13.1 Å². The van der Waals surface area contributed by atoms with Crippen molar-refractivity contribution in [1.82, 2.24) is 15.4 Å². The van der Waals surface area contributed by atoms with Crippen LogP contribution in [0.2, 0.25) is 0 Å². The molecule has 1 aliphatic rings. The van der Waals surface area contributed by atoms with E-state index in [2.05, 4.69) is 31.2 Å². The third-order valence-electron chi connectivity index (χ3n) is 3.58. The number of hydrogen-bond donors (Lipinski definition) is 2. The van der Waals surface area contributed by atoms with Crippen LogP contribution < -0.4 is 5.48 Å². The van der Waals surface area contributed by atoms with Crippen molar-refractivity contribution in [2.45, 2.75) is 45.4 Å². The maximum Gasteiger partial charge on any atom is 0.434 e. The summed E-state index contributed by atoms with van der Waals surface area (Å²) in [6.45, 7) is 7.53. The lowest BCUT2D eigenvalue weighted by Crippen LogP contribution is -2.40. The van der Waals surface area contributed by atoms with Gasteiger partial charge in [0.1, 0.15) is 5.69 Å². The molecule has 0 atom stereocenters. The Morgan fingerprint density at radius 3 is 2.43 bits per heavy atom. The van der Waals surface area contributed by atoms with E-state index in [0.717, 1.165) is 25.0 Å². The molecule has 0 saturated carbocycles. The van der Waals surface area contributed by atoms with E-state index in [-0.39, 0.29) is 5.41 Å². The summed E-state index contributed by atoms with van der Waals surface area (Å²) in [4.78, 5) is 33.2. The Morgan fingerprint density at radius 1 is 1.19 bits per heavy atom. The third kappa shape index (κ3) is 4.00. The predicted octanol–water partition coefficient (Wildman–Crippen LogP) is 2.58. The summed E-state index contributed by atoms with van der Waals surface area (Å²) in [7, 11) is 0. The Labute approximate surface area is 124 Å². The number of carbonyl (C=O) groups excluding carboxylic acids is 2. The zero-order valence-corrected chi connectivity index (χ0v) is 12.9. The van der Waals surface area contributed by atoms with Crippen LogP contribution in [0.5, 0.6) is 0 Å². The average Bonchev–Trinajstić information content (AvgIpc) is 2.95. The number of hydrogen-bond acceptors (Lipinski definition) is 3. The molecule has 116 valence electrons. The molecule has 6 nitrogen and oxygen atoms in total. The summed E-state index contributed by atoms with van der Waals surface area (Å²) in [5.74, 6) is -0.448. The zero-order valence-electron chi connectivity index (χ0n) is 12.9. The van der Waals surface area contributed by atoms with Crippen LogP contribution in [-0.2, 0) is 10.3 Å². The van der Waals surface area contributed by atoms with Crippen LogP contribution >= 0.6 is 0 Å². The van der Waals surface area contributed by atoms with Gasteiger partial charge in [-0.05, 0) is 31.4 Å². The van der Waals surface area contributed by atoms with Crippen molar-refractivity contribution in [3.63, 3.8) is 0 Å². The molecule has 2 rings (SSSR count). The number of nitrogens with zero attached hydrogens (tertiary/aromatic N) is 1. The molecule has 1 aliphatic heterocycles. The number of aromatic amines is 1. The van der Waals surface area contributed by atoms with Gasteiger partial charge >= 0.3 is 6.09 Å². The van der Waals surface area contributed by atoms with Crippen molar-refractivity contribution in [3.05, 3.63) is 23.5 Å². The van der Waals surface area contributed by atoms with Crippen molar-refractivity contribution >= 4 is 12.0 Å². The fourth-order valence-electron chi connectivity index (χ4n) is 2.25. The Balaban J connectivity index is 1.86. The average molecular weight is 293 g/mol. The minimum atomic E-state index is -0.495. The van der Waals surface area contributed by atoms with Gasteiger partial charge in [0.15, 0.2) is 0 Å². The standard InChI is InChI=1S/C15H23N3O3/c1-15(2,3)12-8-7-11(16-12)13(19)17-21-14(20)18-9-5-4-6-10-18/h7-8,16H,4-6,9-10H2,1-3H3,(H,17,19). The summed E-state index contributed by atoms with van der Waals surface area (Å²) >= 11 is 0. The van der Waals surface area contributed by atoms with Gasteiger partial charge in [0.2, 0.25) is 0 Å². The fraction of sp³-hybridized carbons (Fsp3) is 0.600. The van der Waals surface area contributed by atoms with Crippen molar-refractivity contribution in [3.8, 4) is 0 Å². The van der Waals surface area contributed by atoms with Gasteiger partial charge in [-0.2, -0.15) is 5.48 Å². The van der Waals surface area contributed by atoms with Gasteiger partial charge in [-0.25, -0.2) is 4.79 Å². The van der Waals surface area contributed by atoms with E-state index < -0.39 is 12.0 Å². The molecule has 6 heteroatoms. The first kappa shape index (κ1) is 15.4. The van der Waals surface area contributed by atoms with E-state index in [4.69, 9.17) is 4.84 Å². The monoisotopic (exact) mass is 293 g/mol. The first-order valence-corrected chi connectivity index (χ1v) is 7.33. The first-order valence-electron chi connectivity index (χ1n) is 7.33. The highest BCUT2D eigenvalue weighted by Crippen LogP contribution is 2.21. The summed E-state index contributed by atoms with van der Waals surface area (Å²) in [5.41, 5.74) is 3.47. The highest BCUT2D eigenvalue weighted by Gasteiger charge is 2.21. The lowest BCUT2D eigenvalue weighted by Gasteiger charge is -2.25. The number of rotatable bonds is 1. The van der Waals surface area contributed by atoms with Crippen LogP contribution in [0.15, 0.2) is 12.1 Å². The maximum absolute atomic E-state index is 11.9. The highest BCUT2D eigenvalue weighted by molar-refractivity contribution is 5.92. The molecule has 0 bridgehead atoms. The number of likely N-dealkylation sites (tertiary alicyclic amines) is 1. The van der Waals surface area contributed by atoms with Crippen LogP contribution in [0, 0.1) is 0 Å². The molecule has 1 aromatic rings. The molecule has 0 radical (unpaired) electrons. The number of amides is 2. The van der Waals surface area contributed by atoms with Crippen LogP contribution in [0.25, 0.3) is 0 Å². The lowest BCUT2D eigenvalue weighted by molar-refractivity contribution is 0.0391. The van der Waals surface area contributed by atoms with Gasteiger partial charge in [-0.15, -0.1) is 0 Å². The second-order valence-corrected chi connectivity index (χ2v) is 6.38. The van der Waals surface area contributed by atoms with Gasteiger partial charge in [0.25, 0.3) is 5.91 Å². The third-order valence-corrected chi connectivity index (χ3v) is 3.58. The Bertz CT molecular complexity index is 510. The molecule has 0 unspecified atom stereocenters. The molecule has 1 aromatic heterocycles. The fourth-order valence-corrected chi connectivity index (χ4v) is 2.25. The van der Waals surface area contributed by atoms with Crippen LogP contribution in [0.4, 0.5) is 4.79 Å². The molecule has 0 spiro atoms. The Kier molecular flexibility index (Phi) is 4.55. The summed E-state index contributed by atoms with van der Waals surface area (Å²) in [5, 5.41) is 0. The minimum absolute atomic E-state index is 0.0665. The number of piperidine rings is 1. The van der Waals surface area contributed by atoms with E-state index in [0.29, 0.717) is 18.8 Å². The molecular formula is C15H23N3O3. The van der Waals surface area contributed by atoms with Crippen molar-refractivity contribution in [2.24, 2.45) is 0 Å². The Hall–Kier alpha value is -1.98. The second-order valence-electron chi connectivity index (χ2n) is 6.38. The highest BCUT2D eigenvalue weighted by atomic mass is 16.7. The van der Waals surface area contributed by atoms with Gasteiger partial charge < -0.3 is 14.7 Å². The Morgan fingerprint density at radius 2 is 1.86 bits per heavy atom. The van der Waals surface area contributed by atoms with Gasteiger partial charge in [0, 0.05) is 24.2 Å². The van der Waals surface area contributed by atoms with Gasteiger partial charge in [-0.1, -0.05) is 20.8 Å². The van der Waals surface area contributed by atoms with E-state index in [1.54, 1.807) is 11.0 Å². The van der Waals surface area contributed by atoms with Crippen molar-refractivity contribution in [1.29, 1.82) is 0 Å². The van der Waals surface area contributed by atoms with E-state index >= 15 is 0 Å². The molecule has 1 saturated heterocycles. The number of hydroxylamine groups is 1. The minimum Gasteiger partial charge on any atom is -0.354 e. The van der Waals surface area contributed by atoms with Crippen LogP contribution in [0.1, 0.15) is 56.2 Å². The molecule has 2 amide bonds. The summed E-state index contributed by atoms with van der Waals surface area (Å²) in [6.07, 6.45) is 2.60. The predicted molar refractivity (Wildman–Crippen MR) is 78.9 cm³/mol. The summed E-state index contributed by atoms with van der Waals surface area (Å²) in [6, 6.07) is 3.55. The van der Waals surface area contributed by atoms with Crippen molar-refractivity contribution < 1.29 is 14.4 Å². The topological polar surface area (TPSA) is 74.4 Å². The summed E-state index contributed by atoms with van der Waals surface area (Å²) < 4.78 is 0. The first-order chi connectivity index (χ1) is 9.88. The number of H-pyrrole nitrogens is 1. The van der Waals surface area contributed by atoms with E-state index in [9.17, 15) is 9.59 Å². The second kappa shape index (κ2) is 6.20. The quantitative estimate of drug-likeness (QED) is 0.781. The zero-order chi connectivity index (χ0) is 15.5. The van der Waals surface area contributed by atoms with E-state index in [1.165, 1.54) is 0 Å². The van der Waals surface area contributed by atoms with Crippen LogP contribution in [0.3, 0.4) is 0 Å². The lowest BCUT2D eigenvalue weighted by atomic mass is 9.93. The molecule has 1 fully saturated rings.